The quantitative estimate of drug-likeness (QED) is 0.561. The van der Waals surface area contributed by atoms with E-state index < -0.39 is 0 Å². The number of carbonyl (C=O) groups is 1. The van der Waals surface area contributed by atoms with Crippen LogP contribution in [0.15, 0.2) is 46.9 Å². The number of aryl methyl sites for hydroxylation is 3. The summed E-state index contributed by atoms with van der Waals surface area (Å²) in [5.41, 5.74) is 6.29. The fourth-order valence-electron chi connectivity index (χ4n) is 4.39. The molecule has 0 spiro atoms. The third-order valence-corrected chi connectivity index (χ3v) is 5.96. The smallest absolute Gasteiger partial charge is 0.244 e. The Labute approximate surface area is 177 Å². The van der Waals surface area contributed by atoms with Gasteiger partial charge < -0.3 is 14.5 Å². The number of ether oxygens (including phenoxy) is 1. The number of nitrogens with one attached hydrogen (secondary N) is 1. The van der Waals surface area contributed by atoms with Crippen LogP contribution < -0.4 is 10.1 Å². The van der Waals surface area contributed by atoms with Crippen LogP contribution >= 0.6 is 0 Å². The van der Waals surface area contributed by atoms with Crippen molar-refractivity contribution in [2.75, 3.05) is 13.7 Å². The van der Waals surface area contributed by atoms with Gasteiger partial charge in [0, 0.05) is 41.1 Å². The predicted octanol–water partition coefficient (Wildman–Crippen LogP) is 5.39. The molecular weight excluding hydrogens is 374 g/mol. The van der Waals surface area contributed by atoms with Crippen molar-refractivity contribution < 1.29 is 13.9 Å². The minimum atomic E-state index is -0.0857. The molecule has 1 amide bonds. The standard InChI is InChI=1S/C26H29NO3/c1-17(15-24(28)27-14-13-19-9-5-4-6-10-19)21-16-22-20-11-7-8-12-23(20)30-26(22)18(2)25(21)29-3/h4-6,9-10,15-16H,7-8,11-14H2,1-3H3,(H,27,28)/b17-15+. The van der Waals surface area contributed by atoms with Crippen molar-refractivity contribution in [1.82, 2.24) is 5.32 Å². The van der Waals surface area contributed by atoms with Gasteiger partial charge in [0.1, 0.15) is 17.1 Å². The van der Waals surface area contributed by atoms with Crippen molar-refractivity contribution >= 4 is 22.4 Å². The second-order valence-electron chi connectivity index (χ2n) is 8.02. The van der Waals surface area contributed by atoms with E-state index >= 15 is 0 Å². The van der Waals surface area contributed by atoms with Crippen LogP contribution in [0.4, 0.5) is 0 Å². The molecule has 0 saturated carbocycles. The molecule has 0 saturated heterocycles. The third kappa shape index (κ3) is 4.00. The Morgan fingerprint density at radius 1 is 1.20 bits per heavy atom. The van der Waals surface area contributed by atoms with Crippen LogP contribution in [-0.2, 0) is 24.1 Å². The van der Waals surface area contributed by atoms with Gasteiger partial charge in [-0.15, -0.1) is 0 Å². The number of allylic oxidation sites excluding steroid dienone is 1. The molecule has 4 nitrogen and oxygen atoms in total. The molecule has 1 N–H and O–H groups in total. The lowest BCUT2D eigenvalue weighted by Gasteiger charge is -2.13. The summed E-state index contributed by atoms with van der Waals surface area (Å²) in [4.78, 5) is 12.5. The van der Waals surface area contributed by atoms with Gasteiger partial charge in [-0.25, -0.2) is 0 Å². The maximum absolute atomic E-state index is 12.5. The van der Waals surface area contributed by atoms with Gasteiger partial charge >= 0.3 is 0 Å². The van der Waals surface area contributed by atoms with Crippen LogP contribution in [0.1, 0.15) is 47.8 Å². The van der Waals surface area contributed by atoms with Gasteiger partial charge in [-0.1, -0.05) is 30.3 Å². The van der Waals surface area contributed by atoms with E-state index in [1.165, 1.54) is 24.0 Å². The number of rotatable bonds is 6. The van der Waals surface area contributed by atoms with Gasteiger partial charge in [0.25, 0.3) is 0 Å². The van der Waals surface area contributed by atoms with Gasteiger partial charge in [0.05, 0.1) is 7.11 Å². The summed E-state index contributed by atoms with van der Waals surface area (Å²) in [5, 5.41) is 4.15. The van der Waals surface area contributed by atoms with Crippen LogP contribution in [0.25, 0.3) is 16.5 Å². The number of carbonyl (C=O) groups excluding carboxylic acids is 1. The van der Waals surface area contributed by atoms with Crippen LogP contribution in [0, 0.1) is 6.92 Å². The Kier molecular flexibility index (Phi) is 5.93. The lowest BCUT2D eigenvalue weighted by Crippen LogP contribution is -2.23. The molecule has 1 aliphatic carbocycles. The first-order valence-corrected chi connectivity index (χ1v) is 10.7. The summed E-state index contributed by atoms with van der Waals surface area (Å²) >= 11 is 0. The largest absolute Gasteiger partial charge is 0.496 e. The summed E-state index contributed by atoms with van der Waals surface area (Å²) in [6, 6.07) is 12.3. The molecule has 4 rings (SSSR count). The molecule has 2 aromatic carbocycles. The Hall–Kier alpha value is -3.01. The molecule has 4 heteroatoms. The van der Waals surface area contributed by atoms with Crippen molar-refractivity contribution in [3.8, 4) is 5.75 Å². The van der Waals surface area contributed by atoms with Crippen LogP contribution in [0.5, 0.6) is 5.75 Å². The molecule has 3 aromatic rings. The first-order valence-electron chi connectivity index (χ1n) is 10.7. The fourth-order valence-corrected chi connectivity index (χ4v) is 4.39. The number of fused-ring (bicyclic) bond motifs is 3. The topological polar surface area (TPSA) is 51.5 Å². The molecule has 0 fully saturated rings. The van der Waals surface area contributed by atoms with Gasteiger partial charge in [-0.2, -0.15) is 0 Å². The highest BCUT2D eigenvalue weighted by molar-refractivity contribution is 5.98. The highest BCUT2D eigenvalue weighted by atomic mass is 16.5. The molecule has 30 heavy (non-hydrogen) atoms. The maximum Gasteiger partial charge on any atom is 0.244 e. The SMILES string of the molecule is COc1c(/C(C)=C/C(=O)NCCc2ccccc2)cc2c3c(oc2c1C)CCCC3. The molecule has 1 aliphatic rings. The second-order valence-corrected chi connectivity index (χ2v) is 8.02. The Bertz CT molecular complexity index is 1090. The zero-order chi connectivity index (χ0) is 21.1. The van der Waals surface area contributed by atoms with Crippen molar-refractivity contribution in [3.05, 3.63) is 70.5 Å². The van der Waals surface area contributed by atoms with E-state index in [2.05, 4.69) is 23.5 Å². The van der Waals surface area contributed by atoms with E-state index in [0.29, 0.717) is 6.54 Å². The summed E-state index contributed by atoms with van der Waals surface area (Å²) in [6.07, 6.45) is 6.91. The van der Waals surface area contributed by atoms with E-state index in [-0.39, 0.29) is 5.91 Å². The Balaban J connectivity index is 1.58. The van der Waals surface area contributed by atoms with Gasteiger partial charge in [-0.05, 0) is 56.7 Å². The maximum atomic E-state index is 12.5. The van der Waals surface area contributed by atoms with E-state index in [1.807, 2.05) is 32.0 Å². The average Bonchev–Trinajstić information content (AvgIpc) is 3.13. The van der Waals surface area contributed by atoms with E-state index in [4.69, 9.17) is 9.15 Å². The molecular formula is C26H29NO3. The van der Waals surface area contributed by atoms with Gasteiger partial charge in [-0.3, -0.25) is 4.79 Å². The van der Waals surface area contributed by atoms with Crippen LogP contribution in [0.3, 0.4) is 0 Å². The molecule has 1 aromatic heterocycles. The minimum Gasteiger partial charge on any atom is -0.496 e. The average molecular weight is 404 g/mol. The number of furan rings is 1. The second kappa shape index (κ2) is 8.78. The van der Waals surface area contributed by atoms with E-state index in [0.717, 1.165) is 58.4 Å². The van der Waals surface area contributed by atoms with Crippen molar-refractivity contribution in [3.63, 3.8) is 0 Å². The Morgan fingerprint density at radius 2 is 1.97 bits per heavy atom. The lowest BCUT2D eigenvalue weighted by molar-refractivity contribution is -0.116. The molecule has 1 heterocycles. The summed E-state index contributed by atoms with van der Waals surface area (Å²) in [5.74, 6) is 1.80. The molecule has 0 atom stereocenters. The predicted molar refractivity (Wildman–Crippen MR) is 121 cm³/mol. The normalized spacial score (nSPS) is 13.9. The van der Waals surface area contributed by atoms with Crippen molar-refractivity contribution in [2.24, 2.45) is 0 Å². The van der Waals surface area contributed by atoms with Crippen LogP contribution in [0.2, 0.25) is 0 Å². The number of amides is 1. The zero-order valence-electron chi connectivity index (χ0n) is 18.0. The van der Waals surface area contributed by atoms with Crippen molar-refractivity contribution in [1.29, 1.82) is 0 Å². The molecule has 0 radical (unpaired) electrons. The number of methoxy groups -OCH3 is 1. The summed E-state index contributed by atoms with van der Waals surface area (Å²) in [7, 11) is 1.67. The van der Waals surface area contributed by atoms with E-state index in [1.54, 1.807) is 13.2 Å². The number of hydrogen-bond donors (Lipinski definition) is 1. The first-order chi connectivity index (χ1) is 14.6. The van der Waals surface area contributed by atoms with Gasteiger partial charge in [0.15, 0.2) is 0 Å². The van der Waals surface area contributed by atoms with E-state index in [9.17, 15) is 4.79 Å². The van der Waals surface area contributed by atoms with Crippen molar-refractivity contribution in [2.45, 2.75) is 46.0 Å². The lowest BCUT2D eigenvalue weighted by atomic mass is 9.93. The molecule has 0 bridgehead atoms. The number of benzene rings is 2. The van der Waals surface area contributed by atoms with Gasteiger partial charge in [0.2, 0.25) is 5.91 Å². The monoisotopic (exact) mass is 403 g/mol. The fraction of sp³-hybridized carbons (Fsp3) is 0.346. The highest BCUT2D eigenvalue weighted by Gasteiger charge is 2.23. The number of hydrogen-bond acceptors (Lipinski definition) is 3. The zero-order valence-corrected chi connectivity index (χ0v) is 18.0. The third-order valence-electron chi connectivity index (χ3n) is 5.96. The summed E-state index contributed by atoms with van der Waals surface area (Å²) < 4.78 is 11.9. The summed E-state index contributed by atoms with van der Waals surface area (Å²) in [6.45, 7) is 4.61. The molecule has 0 aliphatic heterocycles. The highest BCUT2D eigenvalue weighted by Crippen LogP contribution is 2.40. The molecule has 0 unspecified atom stereocenters. The minimum absolute atomic E-state index is 0.0857. The molecule has 156 valence electrons. The first kappa shape index (κ1) is 20.3. The Morgan fingerprint density at radius 3 is 2.73 bits per heavy atom. The van der Waals surface area contributed by atoms with Crippen LogP contribution in [-0.4, -0.2) is 19.6 Å².